The first-order chi connectivity index (χ1) is 11.5. The number of hydrogen-bond acceptors (Lipinski definition) is 3. The molecule has 2 aromatic carbocycles. The SMILES string of the molecule is CCC(C)Oc1cccc(C(=O)NC(=S)N(C)c2ccccc2)c1. The summed E-state index contributed by atoms with van der Waals surface area (Å²) in [4.78, 5) is 14.2. The summed E-state index contributed by atoms with van der Waals surface area (Å²) in [6, 6.07) is 16.8. The van der Waals surface area contributed by atoms with Gasteiger partial charge in [0.2, 0.25) is 0 Å². The molecule has 0 aliphatic rings. The van der Waals surface area contributed by atoms with Crippen LogP contribution in [0.5, 0.6) is 5.75 Å². The highest BCUT2D eigenvalue weighted by atomic mass is 32.1. The minimum Gasteiger partial charge on any atom is -0.491 e. The van der Waals surface area contributed by atoms with Crippen molar-refractivity contribution in [1.82, 2.24) is 5.32 Å². The lowest BCUT2D eigenvalue weighted by molar-refractivity contribution is 0.0976. The Balaban J connectivity index is 2.04. The van der Waals surface area contributed by atoms with Crippen molar-refractivity contribution in [1.29, 1.82) is 0 Å². The Kier molecular flexibility index (Phi) is 6.32. The van der Waals surface area contributed by atoms with Gasteiger partial charge < -0.3 is 9.64 Å². The lowest BCUT2D eigenvalue weighted by Crippen LogP contribution is -2.40. The number of ether oxygens (including phenoxy) is 1. The molecule has 0 heterocycles. The molecule has 0 radical (unpaired) electrons. The third-order valence-electron chi connectivity index (χ3n) is 3.68. The number of thiocarbonyl (C=S) groups is 1. The van der Waals surface area contributed by atoms with Gasteiger partial charge in [-0.05, 0) is 55.9 Å². The fourth-order valence-electron chi connectivity index (χ4n) is 2.05. The molecule has 0 spiro atoms. The second-order valence-corrected chi connectivity index (χ2v) is 5.91. The van der Waals surface area contributed by atoms with E-state index in [0.717, 1.165) is 12.1 Å². The largest absolute Gasteiger partial charge is 0.491 e. The average Bonchev–Trinajstić information content (AvgIpc) is 2.61. The highest BCUT2D eigenvalue weighted by Gasteiger charge is 2.13. The van der Waals surface area contributed by atoms with Crippen LogP contribution >= 0.6 is 12.2 Å². The Morgan fingerprint density at radius 1 is 1.21 bits per heavy atom. The molecule has 1 N–H and O–H groups in total. The summed E-state index contributed by atoms with van der Waals surface area (Å²) in [6.07, 6.45) is 1.01. The fourth-order valence-corrected chi connectivity index (χ4v) is 2.25. The zero-order chi connectivity index (χ0) is 17.5. The smallest absolute Gasteiger partial charge is 0.257 e. The van der Waals surface area contributed by atoms with E-state index in [1.807, 2.05) is 50.4 Å². The molecule has 1 amide bonds. The summed E-state index contributed by atoms with van der Waals surface area (Å²) >= 11 is 5.32. The average molecular weight is 342 g/mol. The fraction of sp³-hybridized carbons (Fsp3) is 0.263. The molecule has 2 rings (SSSR count). The molecule has 4 nitrogen and oxygen atoms in total. The maximum Gasteiger partial charge on any atom is 0.257 e. The Morgan fingerprint density at radius 2 is 1.92 bits per heavy atom. The van der Waals surface area contributed by atoms with Crippen LogP contribution in [0.25, 0.3) is 0 Å². The quantitative estimate of drug-likeness (QED) is 0.834. The molecule has 1 unspecified atom stereocenters. The minimum atomic E-state index is -0.252. The zero-order valence-electron chi connectivity index (χ0n) is 14.2. The number of carbonyl (C=O) groups excluding carboxylic acids is 1. The Morgan fingerprint density at radius 3 is 2.58 bits per heavy atom. The minimum absolute atomic E-state index is 0.105. The van der Waals surface area contributed by atoms with Crippen LogP contribution in [0.1, 0.15) is 30.6 Å². The van der Waals surface area contributed by atoms with E-state index < -0.39 is 0 Å². The second-order valence-electron chi connectivity index (χ2n) is 5.52. The van der Waals surface area contributed by atoms with Crippen molar-refractivity contribution in [3.8, 4) is 5.75 Å². The van der Waals surface area contributed by atoms with Gasteiger partial charge in [0.15, 0.2) is 5.11 Å². The summed E-state index contributed by atoms with van der Waals surface area (Å²) in [7, 11) is 1.82. The normalized spacial score (nSPS) is 11.5. The van der Waals surface area contributed by atoms with Crippen LogP contribution in [0.3, 0.4) is 0 Å². The number of anilines is 1. The summed E-state index contributed by atoms with van der Waals surface area (Å²) in [5.41, 5.74) is 1.43. The van der Waals surface area contributed by atoms with Crippen LogP contribution in [0.4, 0.5) is 5.69 Å². The highest BCUT2D eigenvalue weighted by molar-refractivity contribution is 7.80. The van der Waals surface area contributed by atoms with Crippen LogP contribution in [0.2, 0.25) is 0 Å². The van der Waals surface area contributed by atoms with Crippen LogP contribution in [0, 0.1) is 0 Å². The van der Waals surface area contributed by atoms with E-state index in [-0.39, 0.29) is 12.0 Å². The van der Waals surface area contributed by atoms with E-state index >= 15 is 0 Å². The van der Waals surface area contributed by atoms with Crippen LogP contribution in [-0.2, 0) is 0 Å². The molecule has 0 saturated carbocycles. The first-order valence-corrected chi connectivity index (χ1v) is 8.33. The molecular formula is C19H22N2O2S. The summed E-state index contributed by atoms with van der Waals surface area (Å²) < 4.78 is 5.75. The monoisotopic (exact) mass is 342 g/mol. The van der Waals surface area contributed by atoms with Crippen molar-refractivity contribution in [2.45, 2.75) is 26.4 Å². The molecule has 0 aromatic heterocycles. The van der Waals surface area contributed by atoms with Crippen molar-refractivity contribution in [2.75, 3.05) is 11.9 Å². The summed E-state index contributed by atoms with van der Waals surface area (Å²) in [5, 5.41) is 3.10. The van der Waals surface area contributed by atoms with E-state index in [0.29, 0.717) is 16.4 Å². The molecule has 126 valence electrons. The first kappa shape index (κ1) is 17.9. The van der Waals surface area contributed by atoms with Gasteiger partial charge in [0, 0.05) is 18.3 Å². The van der Waals surface area contributed by atoms with E-state index in [1.165, 1.54) is 0 Å². The van der Waals surface area contributed by atoms with Gasteiger partial charge >= 0.3 is 0 Å². The standard InChI is InChI=1S/C19H22N2O2S/c1-4-14(2)23-17-12-8-9-15(13-17)18(22)20-19(24)21(3)16-10-6-5-7-11-16/h5-14H,4H2,1-3H3,(H,20,22,24). The van der Waals surface area contributed by atoms with Crippen molar-refractivity contribution >= 4 is 28.9 Å². The predicted octanol–water partition coefficient (Wildman–Crippen LogP) is 4.02. The van der Waals surface area contributed by atoms with E-state index in [9.17, 15) is 4.79 Å². The van der Waals surface area contributed by atoms with E-state index in [1.54, 1.807) is 23.1 Å². The van der Waals surface area contributed by atoms with Gasteiger partial charge in [-0.2, -0.15) is 0 Å². The van der Waals surface area contributed by atoms with Gasteiger partial charge in [0.1, 0.15) is 5.75 Å². The van der Waals surface area contributed by atoms with Crippen molar-refractivity contribution in [2.24, 2.45) is 0 Å². The number of rotatable bonds is 5. The predicted molar refractivity (Wildman–Crippen MR) is 102 cm³/mol. The maximum atomic E-state index is 12.4. The summed E-state index contributed by atoms with van der Waals surface area (Å²) in [6.45, 7) is 4.05. The van der Waals surface area contributed by atoms with Crippen molar-refractivity contribution in [3.05, 3.63) is 60.2 Å². The van der Waals surface area contributed by atoms with Gasteiger partial charge in [-0.15, -0.1) is 0 Å². The number of nitrogens with one attached hydrogen (secondary N) is 1. The third kappa shape index (κ3) is 4.80. The molecule has 0 saturated heterocycles. The van der Waals surface area contributed by atoms with Crippen molar-refractivity contribution < 1.29 is 9.53 Å². The number of para-hydroxylation sites is 1. The van der Waals surface area contributed by atoms with Gasteiger partial charge in [-0.3, -0.25) is 10.1 Å². The number of carbonyl (C=O) groups is 1. The third-order valence-corrected chi connectivity index (χ3v) is 4.05. The lowest BCUT2D eigenvalue weighted by Gasteiger charge is -2.20. The molecule has 0 bridgehead atoms. The Hall–Kier alpha value is -2.40. The first-order valence-electron chi connectivity index (χ1n) is 7.92. The number of benzene rings is 2. The molecule has 24 heavy (non-hydrogen) atoms. The molecule has 5 heteroatoms. The lowest BCUT2D eigenvalue weighted by atomic mass is 10.2. The highest BCUT2D eigenvalue weighted by Crippen LogP contribution is 2.16. The number of amides is 1. The molecular weight excluding hydrogens is 320 g/mol. The molecule has 0 aliphatic heterocycles. The van der Waals surface area contributed by atoms with Gasteiger partial charge in [0.05, 0.1) is 6.10 Å². The molecule has 0 aliphatic carbocycles. The summed E-state index contributed by atoms with van der Waals surface area (Å²) in [5.74, 6) is 0.428. The van der Waals surface area contributed by atoms with E-state index in [2.05, 4.69) is 12.2 Å². The number of hydrogen-bond donors (Lipinski definition) is 1. The zero-order valence-corrected chi connectivity index (χ0v) is 15.0. The van der Waals surface area contributed by atoms with E-state index in [4.69, 9.17) is 17.0 Å². The van der Waals surface area contributed by atoms with Gasteiger partial charge in [-0.1, -0.05) is 31.2 Å². The molecule has 2 aromatic rings. The number of nitrogens with zero attached hydrogens (tertiary/aromatic N) is 1. The van der Waals surface area contributed by atoms with Crippen LogP contribution in [0.15, 0.2) is 54.6 Å². The van der Waals surface area contributed by atoms with Gasteiger partial charge in [-0.25, -0.2) is 0 Å². The molecule has 0 fully saturated rings. The molecule has 1 atom stereocenters. The van der Waals surface area contributed by atoms with Crippen LogP contribution < -0.4 is 15.0 Å². The topological polar surface area (TPSA) is 41.6 Å². The Bertz CT molecular complexity index is 704. The van der Waals surface area contributed by atoms with Crippen molar-refractivity contribution in [3.63, 3.8) is 0 Å². The second kappa shape index (κ2) is 8.45. The Labute approximate surface area is 148 Å². The van der Waals surface area contributed by atoms with Crippen LogP contribution in [-0.4, -0.2) is 24.2 Å². The maximum absolute atomic E-state index is 12.4. The van der Waals surface area contributed by atoms with Gasteiger partial charge in [0.25, 0.3) is 5.91 Å².